The highest BCUT2D eigenvalue weighted by Gasteiger charge is 2.52. The second-order valence-corrected chi connectivity index (χ2v) is 6.41. The van der Waals surface area contributed by atoms with Crippen LogP contribution < -0.4 is 5.73 Å². The van der Waals surface area contributed by atoms with Crippen LogP contribution in [0.3, 0.4) is 0 Å². The Balaban J connectivity index is 2.76. The molecule has 102 valence electrons. The molecule has 1 aliphatic heterocycles. The maximum Gasteiger partial charge on any atom is 0.0788 e. The number of nitrogens with two attached hydrogens (primary N) is 1. The number of rotatable bonds is 4. The molecule has 4 nitrogen and oxygen atoms in total. The van der Waals surface area contributed by atoms with Gasteiger partial charge in [0, 0.05) is 24.5 Å². The second kappa shape index (κ2) is 4.84. The van der Waals surface area contributed by atoms with E-state index in [1.165, 1.54) is 0 Å². The molecular weight excluding hydrogens is 216 g/mol. The van der Waals surface area contributed by atoms with Gasteiger partial charge in [0.1, 0.15) is 0 Å². The van der Waals surface area contributed by atoms with E-state index in [2.05, 4.69) is 32.6 Å². The third-order valence-corrected chi connectivity index (χ3v) is 4.16. The summed E-state index contributed by atoms with van der Waals surface area (Å²) in [5.41, 5.74) is 5.81. The Morgan fingerprint density at radius 1 is 1.29 bits per heavy atom. The van der Waals surface area contributed by atoms with Crippen LogP contribution in [0.15, 0.2) is 0 Å². The van der Waals surface area contributed by atoms with Crippen molar-refractivity contribution in [1.29, 1.82) is 0 Å². The van der Waals surface area contributed by atoms with Gasteiger partial charge in [-0.1, -0.05) is 0 Å². The smallest absolute Gasteiger partial charge is 0.0788 e. The number of aliphatic hydroxyl groups is 1. The maximum absolute atomic E-state index is 9.17. The summed E-state index contributed by atoms with van der Waals surface area (Å²) in [6.45, 7) is 11.3. The molecule has 1 fully saturated rings. The van der Waals surface area contributed by atoms with Crippen molar-refractivity contribution < 1.29 is 9.84 Å². The van der Waals surface area contributed by atoms with Crippen molar-refractivity contribution in [3.63, 3.8) is 0 Å². The molecule has 0 aromatic heterocycles. The summed E-state index contributed by atoms with van der Waals surface area (Å²) in [5.74, 6) is 0.275. The minimum Gasteiger partial charge on any atom is -0.395 e. The van der Waals surface area contributed by atoms with Crippen molar-refractivity contribution >= 4 is 0 Å². The van der Waals surface area contributed by atoms with Crippen LogP contribution in [0.5, 0.6) is 0 Å². The summed E-state index contributed by atoms with van der Waals surface area (Å²) < 4.78 is 6.06. The zero-order valence-electron chi connectivity index (χ0n) is 12.0. The third kappa shape index (κ3) is 2.99. The molecule has 0 aromatic rings. The van der Waals surface area contributed by atoms with Gasteiger partial charge in [-0.2, -0.15) is 0 Å². The fourth-order valence-electron chi connectivity index (χ4n) is 2.70. The molecule has 0 amide bonds. The largest absolute Gasteiger partial charge is 0.395 e. The van der Waals surface area contributed by atoms with Crippen LogP contribution in [0, 0.1) is 5.92 Å². The standard InChI is InChI=1S/C13H28N2O2/c1-9(8-16)15(6)7-10-11(14)13(4,5)17-12(10,2)3/h9-11,16H,7-8,14H2,1-6H3. The Morgan fingerprint density at radius 2 is 1.82 bits per heavy atom. The average Bonchev–Trinajstić information content (AvgIpc) is 2.35. The number of likely N-dealkylation sites (N-methyl/N-ethyl adjacent to an activating group) is 1. The van der Waals surface area contributed by atoms with E-state index >= 15 is 0 Å². The van der Waals surface area contributed by atoms with Gasteiger partial charge in [-0.3, -0.25) is 0 Å². The molecule has 4 heteroatoms. The zero-order valence-corrected chi connectivity index (χ0v) is 12.0. The normalized spacial score (nSPS) is 33.0. The molecule has 0 spiro atoms. The van der Waals surface area contributed by atoms with Crippen molar-refractivity contribution in [2.24, 2.45) is 11.7 Å². The first-order valence-corrected chi connectivity index (χ1v) is 6.38. The van der Waals surface area contributed by atoms with E-state index in [0.29, 0.717) is 0 Å². The lowest BCUT2D eigenvalue weighted by molar-refractivity contribution is -0.0788. The second-order valence-electron chi connectivity index (χ2n) is 6.41. The summed E-state index contributed by atoms with van der Waals surface area (Å²) in [6.07, 6.45) is 0. The van der Waals surface area contributed by atoms with Gasteiger partial charge in [-0.15, -0.1) is 0 Å². The van der Waals surface area contributed by atoms with Gasteiger partial charge in [0.15, 0.2) is 0 Å². The molecule has 1 heterocycles. The highest BCUT2D eigenvalue weighted by atomic mass is 16.5. The predicted octanol–water partition coefficient (Wildman–Crippen LogP) is 0.830. The third-order valence-electron chi connectivity index (χ3n) is 4.16. The molecule has 0 radical (unpaired) electrons. The minimum atomic E-state index is -0.280. The van der Waals surface area contributed by atoms with Crippen molar-refractivity contribution in [1.82, 2.24) is 4.90 Å². The number of hydrogen-bond acceptors (Lipinski definition) is 4. The molecule has 3 unspecified atom stereocenters. The van der Waals surface area contributed by atoms with Crippen molar-refractivity contribution in [2.45, 2.75) is 57.9 Å². The number of nitrogens with zero attached hydrogens (tertiary/aromatic N) is 1. The van der Waals surface area contributed by atoms with Crippen molar-refractivity contribution in [3.8, 4) is 0 Å². The fourth-order valence-corrected chi connectivity index (χ4v) is 2.70. The summed E-state index contributed by atoms with van der Waals surface area (Å²) in [5, 5.41) is 9.17. The first kappa shape index (κ1) is 14.9. The van der Waals surface area contributed by atoms with E-state index in [1.54, 1.807) is 0 Å². The van der Waals surface area contributed by atoms with Crippen molar-refractivity contribution in [2.75, 3.05) is 20.2 Å². The van der Waals surface area contributed by atoms with Crippen LogP contribution in [0.2, 0.25) is 0 Å². The summed E-state index contributed by atoms with van der Waals surface area (Å²) in [6, 6.07) is 0.174. The fraction of sp³-hybridized carbons (Fsp3) is 1.00. The van der Waals surface area contributed by atoms with E-state index in [-0.39, 0.29) is 35.8 Å². The summed E-state index contributed by atoms with van der Waals surface area (Å²) in [7, 11) is 2.02. The first-order valence-electron chi connectivity index (χ1n) is 6.38. The first-order chi connectivity index (χ1) is 7.62. The van der Waals surface area contributed by atoms with Crippen LogP contribution in [-0.2, 0) is 4.74 Å². The Bertz CT molecular complexity index is 266. The van der Waals surface area contributed by atoms with Gasteiger partial charge >= 0.3 is 0 Å². The minimum absolute atomic E-state index is 0.0193. The van der Waals surface area contributed by atoms with E-state index in [1.807, 2.05) is 14.0 Å². The van der Waals surface area contributed by atoms with Crippen LogP contribution >= 0.6 is 0 Å². The lowest BCUT2D eigenvalue weighted by Crippen LogP contribution is -2.49. The van der Waals surface area contributed by atoms with Gasteiger partial charge in [0.2, 0.25) is 0 Å². The van der Waals surface area contributed by atoms with Gasteiger partial charge in [0.05, 0.1) is 17.8 Å². The lowest BCUT2D eigenvalue weighted by Gasteiger charge is -2.33. The SMILES string of the molecule is CC(CO)N(C)CC1C(N)C(C)(C)OC1(C)C. The van der Waals surface area contributed by atoms with Crippen LogP contribution in [0.1, 0.15) is 34.6 Å². The summed E-state index contributed by atoms with van der Waals surface area (Å²) >= 11 is 0. The maximum atomic E-state index is 9.17. The van der Waals surface area contributed by atoms with Crippen molar-refractivity contribution in [3.05, 3.63) is 0 Å². The molecule has 0 bridgehead atoms. The molecule has 0 aromatic carbocycles. The molecule has 3 N–H and O–H groups in total. The quantitative estimate of drug-likeness (QED) is 0.769. The van der Waals surface area contributed by atoms with Crippen LogP contribution in [0.4, 0.5) is 0 Å². The molecule has 0 aliphatic carbocycles. The number of aliphatic hydroxyl groups excluding tert-OH is 1. The Hall–Kier alpha value is -0.160. The van der Waals surface area contributed by atoms with Gasteiger partial charge in [0.25, 0.3) is 0 Å². The highest BCUT2D eigenvalue weighted by molar-refractivity contribution is 5.04. The topological polar surface area (TPSA) is 58.7 Å². The van der Waals surface area contributed by atoms with Crippen LogP contribution in [0.25, 0.3) is 0 Å². The molecule has 1 saturated heterocycles. The monoisotopic (exact) mass is 244 g/mol. The Labute approximate surface area is 105 Å². The highest BCUT2D eigenvalue weighted by Crippen LogP contribution is 2.41. The lowest BCUT2D eigenvalue weighted by atomic mass is 9.82. The van der Waals surface area contributed by atoms with E-state index < -0.39 is 0 Å². The average molecular weight is 244 g/mol. The van der Waals surface area contributed by atoms with Gasteiger partial charge in [-0.05, 0) is 41.7 Å². The molecule has 1 rings (SSSR count). The van der Waals surface area contributed by atoms with Gasteiger partial charge in [-0.25, -0.2) is 0 Å². The summed E-state index contributed by atoms with van der Waals surface area (Å²) in [4.78, 5) is 2.15. The molecule has 0 saturated carbocycles. The number of hydrogen-bond donors (Lipinski definition) is 2. The van der Waals surface area contributed by atoms with Crippen LogP contribution in [-0.4, -0.2) is 53.5 Å². The molecular formula is C13H28N2O2. The Kier molecular flexibility index (Phi) is 4.24. The Morgan fingerprint density at radius 3 is 2.18 bits per heavy atom. The molecule has 3 atom stereocenters. The predicted molar refractivity (Wildman–Crippen MR) is 69.9 cm³/mol. The van der Waals surface area contributed by atoms with E-state index in [0.717, 1.165) is 6.54 Å². The van der Waals surface area contributed by atoms with Gasteiger partial charge < -0.3 is 20.5 Å². The zero-order chi connectivity index (χ0) is 13.4. The van der Waals surface area contributed by atoms with E-state index in [4.69, 9.17) is 10.5 Å². The molecule has 1 aliphatic rings. The number of ether oxygens (including phenoxy) is 1. The van der Waals surface area contributed by atoms with E-state index in [9.17, 15) is 5.11 Å². The molecule has 17 heavy (non-hydrogen) atoms.